The maximum absolute atomic E-state index is 6.74. The summed E-state index contributed by atoms with van der Waals surface area (Å²) in [5.74, 6) is 2.32. The number of aromatic nitrogens is 4. The van der Waals surface area contributed by atoms with Crippen LogP contribution in [-0.2, 0) is 0 Å². The Morgan fingerprint density at radius 1 is 0.441 bits per heavy atom. The van der Waals surface area contributed by atoms with Crippen molar-refractivity contribution in [3.05, 3.63) is 213 Å². The molecule has 0 fully saturated rings. The molecule has 0 N–H and O–H groups in total. The average molecular weight is 755 g/mol. The van der Waals surface area contributed by atoms with E-state index in [4.69, 9.17) is 9.72 Å². The zero-order chi connectivity index (χ0) is 38.9. The highest BCUT2D eigenvalue weighted by Crippen LogP contribution is 2.43. The minimum Gasteiger partial charge on any atom is -0.458 e. The van der Waals surface area contributed by atoms with Gasteiger partial charge in [0.2, 0.25) is 0 Å². The van der Waals surface area contributed by atoms with E-state index < -0.39 is 0 Å². The summed E-state index contributed by atoms with van der Waals surface area (Å²) in [6.07, 6.45) is 3.80. The second-order valence-corrected chi connectivity index (χ2v) is 14.9. The van der Waals surface area contributed by atoms with E-state index in [0.717, 1.165) is 83.9 Å². The maximum Gasteiger partial charge on any atom is 0.269 e. The number of para-hydroxylation sites is 3. The molecule has 0 bridgehead atoms. The van der Waals surface area contributed by atoms with Crippen LogP contribution in [0.3, 0.4) is 0 Å². The van der Waals surface area contributed by atoms with Gasteiger partial charge >= 0.3 is 0 Å². The van der Waals surface area contributed by atoms with Gasteiger partial charge in [-0.15, -0.1) is 0 Å². The Balaban J connectivity index is 0.988. The minimum atomic E-state index is 0.729. The van der Waals surface area contributed by atoms with Crippen molar-refractivity contribution in [2.45, 2.75) is 0 Å². The Labute approximate surface area is 340 Å². The largest absolute Gasteiger partial charge is 0.458 e. The molecule has 4 heterocycles. The number of benzene rings is 8. The van der Waals surface area contributed by atoms with Crippen molar-refractivity contribution in [2.75, 3.05) is 0 Å². The van der Waals surface area contributed by atoms with Gasteiger partial charge in [0.05, 0.1) is 39.1 Å². The van der Waals surface area contributed by atoms with Crippen molar-refractivity contribution < 1.29 is 9.30 Å². The number of nitrogens with zero attached hydrogens (tertiary/aromatic N) is 4. The molecule has 1 aliphatic heterocycles. The number of imidazole rings is 1. The molecule has 0 aliphatic carbocycles. The normalized spacial score (nSPS) is 11.7. The molecule has 0 spiro atoms. The first-order valence-corrected chi connectivity index (χ1v) is 19.9. The molecule has 8 aromatic carbocycles. The molecule has 1 aliphatic rings. The van der Waals surface area contributed by atoms with Crippen molar-refractivity contribution >= 4 is 32.8 Å². The summed E-state index contributed by atoms with van der Waals surface area (Å²) in [5.41, 5.74) is 15.4. The van der Waals surface area contributed by atoms with Gasteiger partial charge in [-0.05, 0) is 88.0 Å². The van der Waals surface area contributed by atoms with Gasteiger partial charge in [0, 0.05) is 22.4 Å². The molecule has 0 unspecified atom stereocenters. The lowest BCUT2D eigenvalue weighted by molar-refractivity contribution is -0.571. The predicted octanol–water partition coefficient (Wildman–Crippen LogP) is 13.0. The molecule has 0 amide bonds. The van der Waals surface area contributed by atoms with Gasteiger partial charge in [-0.25, -0.2) is 4.98 Å². The van der Waals surface area contributed by atoms with E-state index in [1.807, 2.05) is 24.3 Å². The topological polar surface area (TPSA) is 35.9 Å². The van der Waals surface area contributed by atoms with Crippen molar-refractivity contribution in [3.8, 4) is 73.3 Å². The fourth-order valence-corrected chi connectivity index (χ4v) is 8.94. The third kappa shape index (κ3) is 5.33. The molecular weight excluding hydrogens is 721 g/mol. The lowest BCUT2D eigenvalue weighted by atomic mass is 9.89. The molecule has 0 saturated carbocycles. The van der Waals surface area contributed by atoms with Crippen molar-refractivity contribution in [2.24, 2.45) is 0 Å². The molecule has 3 aromatic heterocycles. The van der Waals surface area contributed by atoms with Gasteiger partial charge in [-0.1, -0.05) is 146 Å². The lowest BCUT2D eigenvalue weighted by Crippen LogP contribution is -2.30. The highest BCUT2D eigenvalue weighted by Gasteiger charge is 2.24. The van der Waals surface area contributed by atoms with Crippen LogP contribution in [0.25, 0.3) is 94.7 Å². The monoisotopic (exact) mass is 754 g/mol. The van der Waals surface area contributed by atoms with Gasteiger partial charge in [0.1, 0.15) is 17.3 Å². The van der Waals surface area contributed by atoms with Crippen LogP contribution in [-0.4, -0.2) is 14.1 Å². The van der Waals surface area contributed by atoms with Crippen molar-refractivity contribution in [1.82, 2.24) is 14.1 Å². The lowest BCUT2D eigenvalue weighted by Gasteiger charge is -2.15. The Bertz CT molecular complexity index is 3430. The number of rotatable bonds is 5. The van der Waals surface area contributed by atoms with Crippen molar-refractivity contribution in [1.29, 1.82) is 0 Å². The summed E-state index contributed by atoms with van der Waals surface area (Å²) in [4.78, 5) is 5.16. The van der Waals surface area contributed by atoms with E-state index in [-0.39, 0.29) is 0 Å². The fourth-order valence-electron chi connectivity index (χ4n) is 8.94. The first-order chi connectivity index (χ1) is 29.3. The highest BCUT2D eigenvalue weighted by atomic mass is 16.5. The second kappa shape index (κ2) is 13.3. The van der Waals surface area contributed by atoms with E-state index in [2.05, 4.69) is 202 Å². The van der Waals surface area contributed by atoms with E-state index in [9.17, 15) is 0 Å². The number of fused-ring (bicyclic) bond motifs is 10. The van der Waals surface area contributed by atoms with Crippen LogP contribution >= 0.6 is 0 Å². The molecular formula is C54H34N4O. The molecule has 0 saturated heterocycles. The smallest absolute Gasteiger partial charge is 0.269 e. The van der Waals surface area contributed by atoms with E-state index in [0.29, 0.717) is 0 Å². The first kappa shape index (κ1) is 33.2. The van der Waals surface area contributed by atoms with Crippen LogP contribution in [0.1, 0.15) is 0 Å². The van der Waals surface area contributed by atoms with E-state index in [1.165, 1.54) is 22.3 Å². The predicted molar refractivity (Wildman–Crippen MR) is 238 cm³/mol. The third-order valence-corrected chi connectivity index (χ3v) is 11.5. The summed E-state index contributed by atoms with van der Waals surface area (Å²) in [5, 5.41) is 2.30. The van der Waals surface area contributed by atoms with Crippen LogP contribution in [0.4, 0.5) is 0 Å². The zero-order valence-corrected chi connectivity index (χ0v) is 31.8. The SMILES string of the molecule is [c-]1n(-c2cccc(Oc3ccc4c5ccccc5n(-c5cccc(-c6ccccc6)n5)c4c3)c2)c2cccc3c2[n+]1-c1ccccc1-c1ccccc1-c1ccccc1-3. The molecule has 276 valence electrons. The van der Waals surface area contributed by atoms with Crippen LogP contribution in [0.2, 0.25) is 0 Å². The summed E-state index contributed by atoms with van der Waals surface area (Å²) in [7, 11) is 0. The highest BCUT2D eigenvalue weighted by molar-refractivity contribution is 6.09. The third-order valence-electron chi connectivity index (χ3n) is 11.5. The number of pyridine rings is 1. The molecule has 11 aromatic rings. The van der Waals surface area contributed by atoms with E-state index in [1.54, 1.807) is 0 Å². The Hall–Kier alpha value is -8.02. The van der Waals surface area contributed by atoms with Crippen LogP contribution in [0.5, 0.6) is 11.5 Å². The van der Waals surface area contributed by atoms with Crippen LogP contribution in [0.15, 0.2) is 206 Å². The standard InChI is InChI=1S/C54H34N4O/c1-2-15-36(16-3-1)48-26-14-30-53(55-48)58-50-28-11-9-24-45(50)46-32-31-39(34-52(46)58)59-38-18-12-17-37(33-38)56-35-57-49-27-10-8-23-44(49)42-21-6-4-19-40(42)41-20-5-7-22-43(41)47-25-13-29-51(56)54(47)57/h1-34H. The fraction of sp³-hybridized carbons (Fsp3) is 0. The second-order valence-electron chi connectivity index (χ2n) is 14.9. The zero-order valence-electron chi connectivity index (χ0n) is 31.8. The molecule has 12 rings (SSSR count). The maximum atomic E-state index is 6.74. The van der Waals surface area contributed by atoms with E-state index >= 15 is 0 Å². The van der Waals surface area contributed by atoms with Crippen molar-refractivity contribution in [3.63, 3.8) is 0 Å². The van der Waals surface area contributed by atoms with Gasteiger partial charge < -0.3 is 4.74 Å². The summed E-state index contributed by atoms with van der Waals surface area (Å²) < 4.78 is 13.4. The molecule has 5 nitrogen and oxygen atoms in total. The summed E-state index contributed by atoms with van der Waals surface area (Å²) >= 11 is 0. The summed E-state index contributed by atoms with van der Waals surface area (Å²) in [6, 6.07) is 72.3. The minimum absolute atomic E-state index is 0.729. The molecule has 0 radical (unpaired) electrons. The quantitative estimate of drug-likeness (QED) is 0.130. The Morgan fingerprint density at radius 3 is 1.88 bits per heavy atom. The average Bonchev–Trinajstić information content (AvgIpc) is 3.86. The molecule has 5 heteroatoms. The van der Waals surface area contributed by atoms with Gasteiger partial charge in [-0.3, -0.25) is 13.7 Å². The first-order valence-electron chi connectivity index (χ1n) is 19.9. The number of ether oxygens (including phenoxy) is 1. The Morgan fingerprint density at radius 2 is 1.05 bits per heavy atom. The van der Waals surface area contributed by atoms with Gasteiger partial charge in [-0.2, -0.15) is 0 Å². The number of hydrogen-bond donors (Lipinski definition) is 0. The molecule has 59 heavy (non-hydrogen) atoms. The molecule has 0 atom stereocenters. The van der Waals surface area contributed by atoms with Crippen LogP contribution < -0.4 is 9.30 Å². The Kier molecular flexibility index (Phi) is 7.47. The summed E-state index contributed by atoms with van der Waals surface area (Å²) in [6.45, 7) is 0. The number of hydrogen-bond acceptors (Lipinski definition) is 2. The van der Waals surface area contributed by atoms with Crippen LogP contribution in [0, 0.1) is 6.33 Å². The van der Waals surface area contributed by atoms with Gasteiger partial charge in [0.15, 0.2) is 0 Å². The van der Waals surface area contributed by atoms with Gasteiger partial charge in [0.25, 0.3) is 6.33 Å².